The molecule has 6 nitrogen and oxygen atoms in total. The molecule has 0 heterocycles. The van der Waals surface area contributed by atoms with Crippen LogP contribution in [0.2, 0.25) is 0 Å². The van der Waals surface area contributed by atoms with Crippen molar-refractivity contribution in [1.29, 1.82) is 0 Å². The van der Waals surface area contributed by atoms with Gasteiger partial charge in [0.25, 0.3) is 5.91 Å². The Hall–Kier alpha value is -3.02. The van der Waals surface area contributed by atoms with Crippen molar-refractivity contribution in [2.45, 2.75) is 20.4 Å². The number of carbonyl (C=O) groups is 2. The molecule has 0 saturated carbocycles. The Morgan fingerprint density at radius 1 is 1.00 bits per heavy atom. The SMILES string of the molecule is COc1ccc(CNC(=O)COC(=O)c2cccc(C)c2C)cc1OC. The van der Waals surface area contributed by atoms with Gasteiger partial charge < -0.3 is 19.5 Å². The summed E-state index contributed by atoms with van der Waals surface area (Å²) in [7, 11) is 3.11. The van der Waals surface area contributed by atoms with Crippen LogP contribution < -0.4 is 14.8 Å². The maximum Gasteiger partial charge on any atom is 0.338 e. The molecule has 0 aliphatic carbocycles. The zero-order valence-corrected chi connectivity index (χ0v) is 15.4. The molecule has 1 amide bonds. The summed E-state index contributed by atoms with van der Waals surface area (Å²) >= 11 is 0. The lowest BCUT2D eigenvalue weighted by atomic mass is 10.0. The number of methoxy groups -OCH3 is 2. The highest BCUT2D eigenvalue weighted by molar-refractivity contribution is 5.93. The van der Waals surface area contributed by atoms with E-state index in [4.69, 9.17) is 14.2 Å². The zero-order chi connectivity index (χ0) is 19.1. The number of hydrogen-bond donors (Lipinski definition) is 1. The zero-order valence-electron chi connectivity index (χ0n) is 15.4. The van der Waals surface area contributed by atoms with E-state index in [2.05, 4.69) is 5.32 Å². The van der Waals surface area contributed by atoms with Gasteiger partial charge in [0, 0.05) is 6.54 Å². The molecule has 6 heteroatoms. The third kappa shape index (κ3) is 4.75. The molecule has 2 aromatic rings. The van der Waals surface area contributed by atoms with Crippen molar-refractivity contribution >= 4 is 11.9 Å². The number of ether oxygens (including phenoxy) is 3. The van der Waals surface area contributed by atoms with Crippen LogP contribution in [0.15, 0.2) is 36.4 Å². The Morgan fingerprint density at radius 2 is 1.73 bits per heavy atom. The summed E-state index contributed by atoms with van der Waals surface area (Å²) < 4.78 is 15.5. The van der Waals surface area contributed by atoms with Gasteiger partial charge in [-0.3, -0.25) is 4.79 Å². The summed E-state index contributed by atoms with van der Waals surface area (Å²) in [5.74, 6) is 0.316. The monoisotopic (exact) mass is 357 g/mol. The van der Waals surface area contributed by atoms with E-state index < -0.39 is 5.97 Å². The molecule has 0 aromatic heterocycles. The van der Waals surface area contributed by atoms with Gasteiger partial charge in [-0.15, -0.1) is 0 Å². The van der Waals surface area contributed by atoms with Gasteiger partial charge in [-0.05, 0) is 48.7 Å². The van der Waals surface area contributed by atoms with E-state index in [1.807, 2.05) is 26.0 Å². The quantitative estimate of drug-likeness (QED) is 0.772. The molecule has 0 radical (unpaired) electrons. The molecule has 26 heavy (non-hydrogen) atoms. The van der Waals surface area contributed by atoms with E-state index in [0.29, 0.717) is 23.6 Å². The van der Waals surface area contributed by atoms with Gasteiger partial charge in [0.1, 0.15) is 0 Å². The average molecular weight is 357 g/mol. The van der Waals surface area contributed by atoms with Crippen molar-refractivity contribution in [3.8, 4) is 11.5 Å². The second kappa shape index (κ2) is 8.89. The number of hydrogen-bond acceptors (Lipinski definition) is 5. The third-order valence-electron chi connectivity index (χ3n) is 4.10. The molecular weight excluding hydrogens is 334 g/mol. The highest BCUT2D eigenvalue weighted by Gasteiger charge is 2.13. The molecule has 138 valence electrons. The smallest absolute Gasteiger partial charge is 0.338 e. The van der Waals surface area contributed by atoms with Crippen molar-refractivity contribution in [2.24, 2.45) is 0 Å². The molecular formula is C20H23NO5. The summed E-state index contributed by atoms with van der Waals surface area (Å²) in [6, 6.07) is 10.8. The largest absolute Gasteiger partial charge is 0.493 e. The summed E-state index contributed by atoms with van der Waals surface area (Å²) in [4.78, 5) is 24.1. The van der Waals surface area contributed by atoms with E-state index in [0.717, 1.165) is 16.7 Å². The second-order valence-corrected chi connectivity index (χ2v) is 5.79. The molecule has 1 N–H and O–H groups in total. The number of benzene rings is 2. The molecule has 0 bridgehead atoms. The van der Waals surface area contributed by atoms with Gasteiger partial charge in [0.15, 0.2) is 18.1 Å². The minimum Gasteiger partial charge on any atom is -0.493 e. The van der Waals surface area contributed by atoms with Crippen LogP contribution in [0, 0.1) is 13.8 Å². The van der Waals surface area contributed by atoms with Crippen molar-refractivity contribution in [1.82, 2.24) is 5.32 Å². The molecule has 0 fully saturated rings. The van der Waals surface area contributed by atoms with Gasteiger partial charge in [0.2, 0.25) is 0 Å². The Morgan fingerprint density at radius 3 is 2.42 bits per heavy atom. The molecule has 2 aromatic carbocycles. The Bertz CT molecular complexity index is 801. The standard InChI is InChI=1S/C20H23NO5/c1-13-6-5-7-16(14(13)2)20(23)26-12-19(22)21-11-15-8-9-17(24-3)18(10-15)25-4/h5-10H,11-12H2,1-4H3,(H,21,22). The first kappa shape index (κ1) is 19.3. The first-order valence-corrected chi connectivity index (χ1v) is 8.17. The number of rotatable bonds is 7. The van der Waals surface area contributed by atoms with E-state index in [9.17, 15) is 9.59 Å². The number of aryl methyl sites for hydroxylation is 1. The summed E-state index contributed by atoms with van der Waals surface area (Å²) in [5, 5.41) is 2.71. The van der Waals surface area contributed by atoms with Crippen LogP contribution >= 0.6 is 0 Å². The molecule has 0 atom stereocenters. The average Bonchev–Trinajstić information content (AvgIpc) is 2.66. The van der Waals surface area contributed by atoms with Gasteiger partial charge in [-0.1, -0.05) is 18.2 Å². The van der Waals surface area contributed by atoms with Crippen LogP contribution in [-0.4, -0.2) is 32.7 Å². The molecule has 0 aliphatic heterocycles. The normalized spacial score (nSPS) is 10.2. The fraction of sp³-hybridized carbons (Fsp3) is 0.300. The van der Waals surface area contributed by atoms with E-state index >= 15 is 0 Å². The summed E-state index contributed by atoms with van der Waals surface area (Å²) in [6.45, 7) is 3.73. The van der Waals surface area contributed by atoms with Gasteiger partial charge in [-0.2, -0.15) is 0 Å². The minimum absolute atomic E-state index is 0.292. The first-order valence-electron chi connectivity index (χ1n) is 8.17. The molecule has 0 aliphatic rings. The van der Waals surface area contributed by atoms with Gasteiger partial charge in [0.05, 0.1) is 19.8 Å². The third-order valence-corrected chi connectivity index (χ3v) is 4.10. The fourth-order valence-corrected chi connectivity index (χ4v) is 2.42. The van der Waals surface area contributed by atoms with E-state index in [1.165, 1.54) is 0 Å². The Balaban J connectivity index is 1.87. The molecule has 2 rings (SSSR count). The molecule has 0 saturated heterocycles. The van der Waals surface area contributed by atoms with Crippen molar-refractivity contribution in [3.05, 3.63) is 58.7 Å². The van der Waals surface area contributed by atoms with Gasteiger partial charge in [-0.25, -0.2) is 4.79 Å². The van der Waals surface area contributed by atoms with Crippen LogP contribution in [0.1, 0.15) is 27.0 Å². The van der Waals surface area contributed by atoms with Crippen molar-refractivity contribution in [3.63, 3.8) is 0 Å². The van der Waals surface area contributed by atoms with Crippen molar-refractivity contribution < 1.29 is 23.8 Å². The summed E-state index contributed by atoms with van der Waals surface area (Å²) in [5.41, 5.74) is 3.16. The number of amides is 1. The Kier molecular flexibility index (Phi) is 6.60. The fourth-order valence-electron chi connectivity index (χ4n) is 2.42. The van der Waals surface area contributed by atoms with Crippen LogP contribution in [0.5, 0.6) is 11.5 Å². The van der Waals surface area contributed by atoms with Crippen molar-refractivity contribution in [2.75, 3.05) is 20.8 Å². The maximum atomic E-state index is 12.1. The first-order chi connectivity index (χ1) is 12.5. The lowest BCUT2D eigenvalue weighted by Gasteiger charge is -2.11. The van der Waals surface area contributed by atoms with Gasteiger partial charge >= 0.3 is 5.97 Å². The number of esters is 1. The second-order valence-electron chi connectivity index (χ2n) is 5.79. The highest BCUT2D eigenvalue weighted by atomic mass is 16.5. The highest BCUT2D eigenvalue weighted by Crippen LogP contribution is 2.27. The van der Waals surface area contributed by atoms with Crippen LogP contribution in [-0.2, 0) is 16.1 Å². The van der Waals surface area contributed by atoms with Crippen LogP contribution in [0.25, 0.3) is 0 Å². The topological polar surface area (TPSA) is 73.9 Å². The predicted octanol–water partition coefficient (Wildman–Crippen LogP) is 2.79. The Labute approximate surface area is 153 Å². The summed E-state index contributed by atoms with van der Waals surface area (Å²) in [6.07, 6.45) is 0. The lowest BCUT2D eigenvalue weighted by molar-refractivity contribution is -0.124. The van der Waals surface area contributed by atoms with Crippen LogP contribution in [0.3, 0.4) is 0 Å². The number of nitrogens with one attached hydrogen (secondary N) is 1. The molecule has 0 spiro atoms. The predicted molar refractivity (Wildman–Crippen MR) is 97.6 cm³/mol. The number of carbonyl (C=O) groups excluding carboxylic acids is 2. The maximum absolute atomic E-state index is 12.1. The van der Waals surface area contributed by atoms with Crippen LogP contribution in [0.4, 0.5) is 0 Å². The minimum atomic E-state index is -0.507. The lowest BCUT2D eigenvalue weighted by Crippen LogP contribution is -2.28. The molecule has 0 unspecified atom stereocenters. The van der Waals surface area contributed by atoms with E-state index in [-0.39, 0.29) is 12.5 Å². The van der Waals surface area contributed by atoms with E-state index in [1.54, 1.807) is 38.5 Å².